The smallest absolute Gasteiger partial charge is 0.270 e. The molecule has 0 fully saturated rings. The van der Waals surface area contributed by atoms with E-state index in [-0.39, 0.29) is 12.3 Å². The van der Waals surface area contributed by atoms with E-state index in [4.69, 9.17) is 9.26 Å². The first-order valence-electron chi connectivity index (χ1n) is 8.04. The molecule has 0 amide bonds. The van der Waals surface area contributed by atoms with E-state index in [1.165, 1.54) is 23.5 Å². The predicted octanol–water partition coefficient (Wildman–Crippen LogP) is 4.95. The third-order valence-electron chi connectivity index (χ3n) is 3.81. The summed E-state index contributed by atoms with van der Waals surface area (Å²) < 4.78 is 11.1. The van der Waals surface area contributed by atoms with Crippen LogP contribution in [0.1, 0.15) is 5.89 Å². The molecule has 7 nitrogen and oxygen atoms in total. The highest BCUT2D eigenvalue weighted by atomic mass is 32.1. The first-order valence-corrected chi connectivity index (χ1v) is 8.92. The summed E-state index contributed by atoms with van der Waals surface area (Å²) in [5, 5.41) is 16.9. The predicted molar refractivity (Wildman–Crippen MR) is 100 cm³/mol. The van der Waals surface area contributed by atoms with E-state index >= 15 is 0 Å². The number of ether oxygens (including phenoxy) is 1. The summed E-state index contributed by atoms with van der Waals surface area (Å²) in [4.78, 5) is 15.9. The van der Waals surface area contributed by atoms with Crippen molar-refractivity contribution in [2.45, 2.75) is 6.61 Å². The zero-order chi connectivity index (χ0) is 18.6. The van der Waals surface area contributed by atoms with Gasteiger partial charge in [-0.2, -0.15) is 4.98 Å². The minimum atomic E-state index is -0.426. The lowest BCUT2D eigenvalue weighted by Gasteiger charge is -2.08. The SMILES string of the molecule is O=[N+]([O-])c1ccc(OCc2nc(-c3ccccc3)no2)c(-c2cccs2)c1. The molecule has 0 unspecified atom stereocenters. The van der Waals surface area contributed by atoms with Crippen molar-refractivity contribution in [1.29, 1.82) is 0 Å². The minimum Gasteiger partial charge on any atom is -0.483 e. The van der Waals surface area contributed by atoms with Crippen molar-refractivity contribution in [3.05, 3.63) is 82.0 Å². The zero-order valence-electron chi connectivity index (χ0n) is 13.9. The maximum Gasteiger partial charge on any atom is 0.270 e. The van der Waals surface area contributed by atoms with E-state index in [1.54, 1.807) is 6.07 Å². The molecule has 0 aliphatic rings. The fourth-order valence-corrected chi connectivity index (χ4v) is 3.29. The molecule has 0 spiro atoms. The number of nitro groups is 1. The van der Waals surface area contributed by atoms with Crippen LogP contribution in [-0.4, -0.2) is 15.1 Å². The van der Waals surface area contributed by atoms with Crippen LogP contribution in [0.2, 0.25) is 0 Å². The van der Waals surface area contributed by atoms with Crippen molar-refractivity contribution in [3.63, 3.8) is 0 Å². The van der Waals surface area contributed by atoms with Gasteiger partial charge in [-0.15, -0.1) is 11.3 Å². The second-order valence-electron chi connectivity index (χ2n) is 5.58. The second kappa shape index (κ2) is 7.38. The molecule has 0 saturated heterocycles. The number of nitro benzene ring substituents is 1. The zero-order valence-corrected chi connectivity index (χ0v) is 14.8. The standard InChI is InChI=1S/C19H13N3O4S/c23-22(24)14-8-9-16(15(11-14)17-7-4-10-27-17)25-12-18-20-19(21-26-18)13-5-2-1-3-6-13/h1-11H,12H2. The molecule has 0 aliphatic heterocycles. The second-order valence-corrected chi connectivity index (χ2v) is 6.53. The van der Waals surface area contributed by atoms with E-state index in [0.717, 1.165) is 10.4 Å². The Morgan fingerprint density at radius 2 is 1.96 bits per heavy atom. The number of nitrogens with zero attached hydrogens (tertiary/aromatic N) is 3. The van der Waals surface area contributed by atoms with Gasteiger partial charge in [0.15, 0.2) is 6.61 Å². The number of thiophene rings is 1. The van der Waals surface area contributed by atoms with Gasteiger partial charge in [-0.05, 0) is 17.5 Å². The Hall–Kier alpha value is -3.52. The molecule has 8 heteroatoms. The highest BCUT2D eigenvalue weighted by Gasteiger charge is 2.16. The summed E-state index contributed by atoms with van der Waals surface area (Å²) >= 11 is 1.48. The van der Waals surface area contributed by atoms with Crippen molar-refractivity contribution in [1.82, 2.24) is 10.1 Å². The Labute approximate surface area is 158 Å². The van der Waals surface area contributed by atoms with Crippen LogP contribution in [-0.2, 0) is 6.61 Å². The quantitative estimate of drug-likeness (QED) is 0.348. The van der Waals surface area contributed by atoms with Gasteiger partial charge in [-0.1, -0.05) is 41.6 Å². The van der Waals surface area contributed by atoms with Crippen molar-refractivity contribution in [2.24, 2.45) is 0 Å². The number of hydrogen-bond acceptors (Lipinski definition) is 7. The Kier molecular flexibility index (Phi) is 4.63. The van der Waals surface area contributed by atoms with Gasteiger partial charge in [0.2, 0.25) is 5.82 Å². The van der Waals surface area contributed by atoms with Gasteiger partial charge in [0, 0.05) is 28.1 Å². The summed E-state index contributed by atoms with van der Waals surface area (Å²) in [6, 6.07) is 17.7. The number of hydrogen-bond donors (Lipinski definition) is 0. The molecule has 0 radical (unpaired) electrons. The minimum absolute atomic E-state index is 0.00917. The normalized spacial score (nSPS) is 10.7. The van der Waals surface area contributed by atoms with Crippen molar-refractivity contribution >= 4 is 17.0 Å². The van der Waals surface area contributed by atoms with Crippen LogP contribution >= 0.6 is 11.3 Å². The van der Waals surface area contributed by atoms with E-state index in [9.17, 15) is 10.1 Å². The Morgan fingerprint density at radius 1 is 1.11 bits per heavy atom. The molecule has 0 N–H and O–H groups in total. The molecular weight excluding hydrogens is 366 g/mol. The largest absolute Gasteiger partial charge is 0.483 e. The fourth-order valence-electron chi connectivity index (χ4n) is 2.54. The summed E-state index contributed by atoms with van der Waals surface area (Å²) in [7, 11) is 0. The van der Waals surface area contributed by atoms with Gasteiger partial charge in [0.05, 0.1) is 4.92 Å². The maximum absolute atomic E-state index is 11.1. The van der Waals surface area contributed by atoms with Crippen molar-refractivity contribution in [3.8, 4) is 27.6 Å². The fraction of sp³-hybridized carbons (Fsp3) is 0.0526. The summed E-state index contributed by atoms with van der Waals surface area (Å²) in [5.74, 6) is 1.32. The molecule has 0 aliphatic carbocycles. The van der Waals surface area contributed by atoms with Crippen molar-refractivity contribution in [2.75, 3.05) is 0 Å². The molecule has 0 bridgehead atoms. The molecule has 2 aromatic carbocycles. The van der Waals surface area contributed by atoms with Crippen LogP contribution in [0.3, 0.4) is 0 Å². The van der Waals surface area contributed by atoms with Gasteiger partial charge in [-0.25, -0.2) is 0 Å². The Bertz CT molecular complexity index is 1060. The summed E-state index contributed by atoms with van der Waals surface area (Å²) in [5.41, 5.74) is 1.51. The third-order valence-corrected chi connectivity index (χ3v) is 4.71. The molecule has 2 heterocycles. The summed E-state index contributed by atoms with van der Waals surface area (Å²) in [6.45, 7) is 0.0655. The average Bonchev–Trinajstić information content (AvgIpc) is 3.39. The van der Waals surface area contributed by atoms with Crippen LogP contribution in [0.4, 0.5) is 5.69 Å². The lowest BCUT2D eigenvalue weighted by atomic mass is 10.1. The van der Waals surface area contributed by atoms with Gasteiger partial charge in [0.1, 0.15) is 5.75 Å². The maximum atomic E-state index is 11.1. The van der Waals surface area contributed by atoms with E-state index in [0.29, 0.717) is 23.0 Å². The van der Waals surface area contributed by atoms with Gasteiger partial charge < -0.3 is 9.26 Å². The van der Waals surface area contributed by atoms with E-state index in [2.05, 4.69) is 10.1 Å². The topological polar surface area (TPSA) is 91.3 Å². The molecule has 134 valence electrons. The van der Waals surface area contributed by atoms with Crippen LogP contribution in [0.25, 0.3) is 21.8 Å². The molecule has 2 aromatic heterocycles. The van der Waals surface area contributed by atoms with Crippen LogP contribution in [0.5, 0.6) is 5.75 Å². The molecule has 0 saturated carbocycles. The molecule has 27 heavy (non-hydrogen) atoms. The number of benzene rings is 2. The van der Waals surface area contributed by atoms with Crippen LogP contribution < -0.4 is 4.74 Å². The van der Waals surface area contributed by atoms with E-state index in [1.807, 2.05) is 47.8 Å². The summed E-state index contributed by atoms with van der Waals surface area (Å²) in [6.07, 6.45) is 0. The molecular formula is C19H13N3O4S. The van der Waals surface area contributed by atoms with Crippen LogP contribution in [0, 0.1) is 10.1 Å². The van der Waals surface area contributed by atoms with Crippen molar-refractivity contribution < 1.29 is 14.2 Å². The lowest BCUT2D eigenvalue weighted by molar-refractivity contribution is -0.384. The monoisotopic (exact) mass is 379 g/mol. The highest BCUT2D eigenvalue weighted by Crippen LogP contribution is 2.36. The Balaban J connectivity index is 1.56. The highest BCUT2D eigenvalue weighted by molar-refractivity contribution is 7.13. The lowest BCUT2D eigenvalue weighted by Crippen LogP contribution is -1.98. The number of aromatic nitrogens is 2. The molecule has 4 rings (SSSR count). The van der Waals surface area contributed by atoms with Crippen LogP contribution in [0.15, 0.2) is 70.6 Å². The average molecular weight is 379 g/mol. The molecule has 4 aromatic rings. The van der Waals surface area contributed by atoms with Gasteiger partial charge in [0.25, 0.3) is 11.6 Å². The molecule has 0 atom stereocenters. The first kappa shape index (κ1) is 16.9. The number of non-ortho nitro benzene ring substituents is 1. The first-order chi connectivity index (χ1) is 13.2. The van der Waals surface area contributed by atoms with Gasteiger partial charge >= 0.3 is 0 Å². The Morgan fingerprint density at radius 3 is 2.70 bits per heavy atom. The van der Waals surface area contributed by atoms with Gasteiger partial charge in [-0.3, -0.25) is 10.1 Å². The number of rotatable bonds is 6. The van der Waals surface area contributed by atoms with E-state index < -0.39 is 4.92 Å². The third kappa shape index (κ3) is 3.70.